The highest BCUT2D eigenvalue weighted by Crippen LogP contribution is 2.31. The number of fused-ring (bicyclic) bond motifs is 1. The van der Waals surface area contributed by atoms with Crippen LogP contribution in [0.5, 0.6) is 0 Å². The second-order valence-corrected chi connectivity index (χ2v) is 5.80. The summed E-state index contributed by atoms with van der Waals surface area (Å²) in [6.07, 6.45) is 7.26. The summed E-state index contributed by atoms with van der Waals surface area (Å²) in [6.45, 7) is 3.39. The molecule has 1 fully saturated rings. The lowest BCUT2D eigenvalue weighted by Crippen LogP contribution is -2.24. The first-order valence-corrected chi connectivity index (χ1v) is 7.20. The van der Waals surface area contributed by atoms with Gasteiger partial charge < -0.3 is 11.1 Å². The van der Waals surface area contributed by atoms with E-state index < -0.39 is 0 Å². The van der Waals surface area contributed by atoms with E-state index in [4.69, 9.17) is 5.73 Å². The Morgan fingerprint density at radius 2 is 2.21 bits per heavy atom. The van der Waals surface area contributed by atoms with Crippen LogP contribution in [0.3, 0.4) is 0 Å². The Bertz CT molecular complexity index is 560. The highest BCUT2D eigenvalue weighted by atomic mass is 15.1. The van der Waals surface area contributed by atoms with E-state index >= 15 is 0 Å². The van der Waals surface area contributed by atoms with Crippen LogP contribution in [0.1, 0.15) is 32.6 Å². The lowest BCUT2D eigenvalue weighted by molar-refractivity contribution is 0.268. The van der Waals surface area contributed by atoms with E-state index in [0.29, 0.717) is 0 Å². The zero-order chi connectivity index (χ0) is 13.2. The number of benzene rings is 1. The summed E-state index contributed by atoms with van der Waals surface area (Å²) in [5.74, 6) is 1.59. The minimum atomic E-state index is 0.769. The third kappa shape index (κ3) is 2.53. The van der Waals surface area contributed by atoms with Gasteiger partial charge in [-0.15, -0.1) is 0 Å². The van der Waals surface area contributed by atoms with Crippen molar-refractivity contribution in [1.82, 2.24) is 10.2 Å². The Hall–Kier alpha value is -1.71. The number of hydrogen-bond acceptors (Lipinski definition) is 3. The highest BCUT2D eigenvalue weighted by molar-refractivity contribution is 5.88. The van der Waals surface area contributed by atoms with Crippen LogP contribution >= 0.6 is 0 Å². The van der Waals surface area contributed by atoms with Crippen molar-refractivity contribution in [1.29, 1.82) is 0 Å². The summed E-state index contributed by atoms with van der Waals surface area (Å²) in [5.41, 5.74) is 8.95. The van der Waals surface area contributed by atoms with E-state index in [1.54, 1.807) is 6.20 Å². The molecule has 1 aromatic carbocycles. The van der Waals surface area contributed by atoms with E-state index in [9.17, 15) is 0 Å². The first kappa shape index (κ1) is 12.3. The van der Waals surface area contributed by atoms with Crippen LogP contribution in [0.25, 0.3) is 10.9 Å². The van der Waals surface area contributed by atoms with Gasteiger partial charge in [-0.1, -0.05) is 26.2 Å². The third-order valence-electron chi connectivity index (χ3n) is 4.45. The van der Waals surface area contributed by atoms with Crippen molar-refractivity contribution in [2.75, 3.05) is 17.6 Å². The monoisotopic (exact) mass is 258 g/mol. The van der Waals surface area contributed by atoms with Crippen molar-refractivity contribution in [2.24, 2.45) is 11.8 Å². The van der Waals surface area contributed by atoms with Gasteiger partial charge in [0.1, 0.15) is 0 Å². The number of nitrogen functional groups attached to an aromatic ring is 1. The van der Waals surface area contributed by atoms with Gasteiger partial charge in [-0.05, 0) is 30.4 Å². The molecule has 0 aliphatic heterocycles. The number of rotatable bonds is 3. The average molecular weight is 258 g/mol. The molecule has 1 aromatic heterocycles. The van der Waals surface area contributed by atoms with Crippen LogP contribution in [0, 0.1) is 11.8 Å². The molecule has 4 nitrogen and oxygen atoms in total. The maximum absolute atomic E-state index is 6.09. The van der Waals surface area contributed by atoms with Gasteiger partial charge in [0.05, 0.1) is 23.1 Å². The fourth-order valence-electron chi connectivity index (χ4n) is 3.10. The van der Waals surface area contributed by atoms with E-state index in [2.05, 4.69) is 28.5 Å². The zero-order valence-corrected chi connectivity index (χ0v) is 11.4. The number of aromatic nitrogens is 2. The van der Waals surface area contributed by atoms with Crippen molar-refractivity contribution in [3.05, 3.63) is 18.3 Å². The molecule has 2 aromatic rings. The molecule has 1 saturated carbocycles. The Balaban J connectivity index is 1.72. The maximum Gasteiger partial charge on any atom is 0.0672 e. The minimum absolute atomic E-state index is 0.769. The van der Waals surface area contributed by atoms with Crippen LogP contribution in [0.15, 0.2) is 18.3 Å². The summed E-state index contributed by atoms with van der Waals surface area (Å²) in [5, 5.41) is 11.6. The number of H-pyrrole nitrogens is 1. The number of nitrogens with one attached hydrogen (secondary N) is 2. The number of aromatic amines is 1. The van der Waals surface area contributed by atoms with Gasteiger partial charge in [-0.2, -0.15) is 5.10 Å². The predicted molar refractivity (Wildman–Crippen MR) is 80.1 cm³/mol. The van der Waals surface area contributed by atoms with Gasteiger partial charge in [-0.25, -0.2) is 0 Å². The van der Waals surface area contributed by atoms with E-state index in [1.807, 2.05) is 6.07 Å². The molecule has 4 N–H and O–H groups in total. The number of hydrogen-bond donors (Lipinski definition) is 3. The molecular formula is C15H22N4. The lowest BCUT2D eigenvalue weighted by Gasteiger charge is -2.29. The fraction of sp³-hybridized carbons (Fsp3) is 0.533. The topological polar surface area (TPSA) is 66.7 Å². The molecule has 0 saturated heterocycles. The van der Waals surface area contributed by atoms with Gasteiger partial charge in [0.15, 0.2) is 0 Å². The van der Waals surface area contributed by atoms with Crippen LogP contribution in [-0.4, -0.2) is 16.7 Å². The standard InChI is InChI=1S/C15H22N4/c1-10-4-2-3-5-11(10)8-17-15-7-14-12(6-13(15)16)9-18-19-14/h6-7,9-11,17H,2-5,8,16H2,1H3,(H,18,19). The summed E-state index contributed by atoms with van der Waals surface area (Å²) in [4.78, 5) is 0. The van der Waals surface area contributed by atoms with Gasteiger partial charge >= 0.3 is 0 Å². The van der Waals surface area contributed by atoms with Gasteiger partial charge in [-0.3, -0.25) is 5.10 Å². The summed E-state index contributed by atoms with van der Waals surface area (Å²) >= 11 is 0. The Morgan fingerprint density at radius 1 is 1.37 bits per heavy atom. The molecule has 0 amide bonds. The maximum atomic E-state index is 6.09. The van der Waals surface area contributed by atoms with Crippen molar-refractivity contribution >= 4 is 22.3 Å². The van der Waals surface area contributed by atoms with Gasteiger partial charge in [0.25, 0.3) is 0 Å². The molecular weight excluding hydrogens is 236 g/mol. The molecule has 19 heavy (non-hydrogen) atoms. The van der Waals surface area contributed by atoms with Crippen molar-refractivity contribution in [2.45, 2.75) is 32.6 Å². The highest BCUT2D eigenvalue weighted by Gasteiger charge is 2.21. The summed E-state index contributed by atoms with van der Waals surface area (Å²) in [6, 6.07) is 4.04. The van der Waals surface area contributed by atoms with Crippen molar-refractivity contribution in [3.8, 4) is 0 Å². The minimum Gasteiger partial charge on any atom is -0.397 e. The van der Waals surface area contributed by atoms with Crippen molar-refractivity contribution < 1.29 is 0 Å². The summed E-state index contributed by atoms with van der Waals surface area (Å²) in [7, 11) is 0. The molecule has 4 heteroatoms. The molecule has 1 aliphatic carbocycles. The van der Waals surface area contributed by atoms with Crippen molar-refractivity contribution in [3.63, 3.8) is 0 Å². The normalized spacial score (nSPS) is 23.6. The first-order valence-electron chi connectivity index (χ1n) is 7.20. The fourth-order valence-corrected chi connectivity index (χ4v) is 3.10. The molecule has 1 aliphatic rings. The number of nitrogens with zero attached hydrogens (tertiary/aromatic N) is 1. The Labute approximate surface area is 113 Å². The molecule has 0 radical (unpaired) electrons. The second kappa shape index (κ2) is 5.11. The SMILES string of the molecule is CC1CCCCC1CNc1cc2[nH]ncc2cc1N. The lowest BCUT2D eigenvalue weighted by atomic mass is 9.80. The van der Waals surface area contributed by atoms with E-state index in [0.717, 1.165) is 40.7 Å². The van der Waals surface area contributed by atoms with Gasteiger partial charge in [0.2, 0.25) is 0 Å². The molecule has 0 bridgehead atoms. The predicted octanol–water partition coefficient (Wildman–Crippen LogP) is 3.38. The third-order valence-corrected chi connectivity index (χ3v) is 4.45. The Kier molecular flexibility index (Phi) is 3.32. The zero-order valence-electron chi connectivity index (χ0n) is 11.4. The largest absolute Gasteiger partial charge is 0.397 e. The van der Waals surface area contributed by atoms with Crippen LogP contribution < -0.4 is 11.1 Å². The molecule has 1 heterocycles. The second-order valence-electron chi connectivity index (χ2n) is 5.80. The molecule has 102 valence electrons. The molecule has 0 spiro atoms. The number of nitrogens with two attached hydrogens (primary N) is 1. The average Bonchev–Trinajstić information content (AvgIpc) is 2.84. The van der Waals surface area contributed by atoms with E-state index in [1.165, 1.54) is 25.7 Å². The van der Waals surface area contributed by atoms with Gasteiger partial charge in [0, 0.05) is 11.9 Å². The van der Waals surface area contributed by atoms with Crippen LogP contribution in [-0.2, 0) is 0 Å². The summed E-state index contributed by atoms with van der Waals surface area (Å²) < 4.78 is 0. The molecule has 2 unspecified atom stereocenters. The Morgan fingerprint density at radius 3 is 3.05 bits per heavy atom. The quantitative estimate of drug-likeness (QED) is 0.739. The first-order chi connectivity index (χ1) is 9.24. The molecule has 2 atom stereocenters. The van der Waals surface area contributed by atoms with Crippen LogP contribution in [0.2, 0.25) is 0 Å². The molecule has 3 rings (SSSR count). The number of anilines is 2. The smallest absolute Gasteiger partial charge is 0.0672 e. The van der Waals surface area contributed by atoms with E-state index in [-0.39, 0.29) is 0 Å². The van der Waals surface area contributed by atoms with Crippen LogP contribution in [0.4, 0.5) is 11.4 Å².